The van der Waals surface area contributed by atoms with Crippen LogP contribution in [0.3, 0.4) is 0 Å². The second kappa shape index (κ2) is 21.4. The molecule has 6 nitrogen and oxygen atoms in total. The van der Waals surface area contributed by atoms with Crippen molar-refractivity contribution in [1.82, 2.24) is 0 Å². The zero-order valence-corrected chi connectivity index (χ0v) is 37.5. The molecule has 0 fully saturated rings. The van der Waals surface area contributed by atoms with E-state index in [1.165, 1.54) is 67.5 Å². The van der Waals surface area contributed by atoms with Crippen molar-refractivity contribution in [2.75, 3.05) is 13.2 Å². The largest absolute Gasteiger partial charge is 0.494 e. The molecule has 0 N–H and O–H groups in total. The number of thiophene rings is 2. The first-order valence-corrected chi connectivity index (χ1v) is 23.5. The molecule has 4 aromatic carbocycles. The van der Waals surface area contributed by atoms with Crippen LogP contribution in [-0.4, -0.2) is 25.2 Å². The van der Waals surface area contributed by atoms with Crippen LogP contribution in [0.1, 0.15) is 126 Å². The maximum atomic E-state index is 12.9. The molecule has 316 valence electrons. The van der Waals surface area contributed by atoms with E-state index in [1.54, 1.807) is 46.9 Å². The van der Waals surface area contributed by atoms with Crippen molar-refractivity contribution in [3.05, 3.63) is 141 Å². The number of allylic oxidation sites excluding steroid dienone is 2. The van der Waals surface area contributed by atoms with Crippen LogP contribution in [0.2, 0.25) is 0 Å². The summed E-state index contributed by atoms with van der Waals surface area (Å²) in [6.07, 6.45) is 12.4. The van der Waals surface area contributed by atoms with Gasteiger partial charge in [-0.05, 0) is 189 Å². The number of aryl methyl sites for hydroxylation is 2. The molecule has 2 heterocycles. The lowest BCUT2D eigenvalue weighted by atomic mass is 9.96. The van der Waals surface area contributed by atoms with Crippen LogP contribution in [0.4, 0.5) is 0 Å². The van der Waals surface area contributed by atoms with E-state index in [2.05, 4.69) is 39.8 Å². The van der Waals surface area contributed by atoms with Gasteiger partial charge in [0.25, 0.3) is 0 Å². The molecule has 1 aliphatic rings. The summed E-state index contributed by atoms with van der Waals surface area (Å²) in [4.78, 5) is 30.8. The van der Waals surface area contributed by atoms with Gasteiger partial charge in [-0.3, -0.25) is 0 Å². The second-order valence-electron chi connectivity index (χ2n) is 15.7. The zero-order chi connectivity index (χ0) is 42.6. The van der Waals surface area contributed by atoms with Crippen molar-refractivity contribution in [2.45, 2.75) is 98.3 Å². The van der Waals surface area contributed by atoms with E-state index in [-0.39, 0.29) is 0 Å². The monoisotopic (exact) mass is 852 g/mol. The van der Waals surface area contributed by atoms with Crippen LogP contribution in [0.15, 0.2) is 109 Å². The van der Waals surface area contributed by atoms with Crippen LogP contribution in [0.25, 0.3) is 32.0 Å². The number of rotatable bonds is 20. The van der Waals surface area contributed by atoms with E-state index in [1.807, 2.05) is 72.8 Å². The minimum absolute atomic E-state index is 0.390. The number of carbonyl (C=O) groups excluding carboxylic acids is 2. The fourth-order valence-corrected chi connectivity index (χ4v) is 9.81. The summed E-state index contributed by atoms with van der Waals surface area (Å²) in [6.45, 7) is 10.2. The Morgan fingerprint density at radius 1 is 0.492 bits per heavy atom. The fraction of sp³-hybridized carbons (Fsp3) is 0.321. The van der Waals surface area contributed by atoms with Gasteiger partial charge >= 0.3 is 11.9 Å². The number of unbranched alkanes of at least 4 members (excludes halogenated alkanes) is 6. The van der Waals surface area contributed by atoms with Gasteiger partial charge in [0, 0.05) is 19.5 Å². The fourth-order valence-electron chi connectivity index (χ4n) is 7.70. The zero-order valence-electron chi connectivity index (χ0n) is 35.9. The third kappa shape index (κ3) is 11.5. The van der Waals surface area contributed by atoms with Gasteiger partial charge in [-0.1, -0.05) is 52.4 Å². The van der Waals surface area contributed by atoms with E-state index < -0.39 is 11.9 Å². The molecule has 61 heavy (non-hydrogen) atoms. The van der Waals surface area contributed by atoms with Crippen LogP contribution in [-0.2, 0) is 0 Å². The Hall–Kier alpha value is -5.44. The molecule has 0 saturated heterocycles. The number of carbonyl (C=O) groups is 2. The molecule has 0 unspecified atom stereocenters. The summed E-state index contributed by atoms with van der Waals surface area (Å²) in [5.74, 6) is 1.77. The number of ether oxygens (including phenoxy) is 4. The maximum Gasteiger partial charge on any atom is 0.343 e. The lowest BCUT2D eigenvalue weighted by Gasteiger charge is -2.08. The average molecular weight is 853 g/mol. The summed E-state index contributed by atoms with van der Waals surface area (Å²) in [7, 11) is 0. The van der Waals surface area contributed by atoms with Crippen molar-refractivity contribution in [1.29, 1.82) is 0 Å². The smallest absolute Gasteiger partial charge is 0.343 e. The molecule has 1 aliphatic carbocycles. The molecular weight excluding hydrogens is 797 g/mol. The predicted molar refractivity (Wildman–Crippen MR) is 252 cm³/mol. The average Bonchev–Trinajstić information content (AvgIpc) is 4.02. The Balaban J connectivity index is 0.965. The van der Waals surface area contributed by atoms with Gasteiger partial charge in [0.1, 0.15) is 23.0 Å². The highest BCUT2D eigenvalue weighted by atomic mass is 32.1. The molecule has 0 aliphatic heterocycles. The van der Waals surface area contributed by atoms with Gasteiger partial charge in [-0.15, -0.1) is 22.7 Å². The van der Waals surface area contributed by atoms with Crippen molar-refractivity contribution >= 4 is 45.8 Å². The molecule has 6 aromatic rings. The lowest BCUT2D eigenvalue weighted by molar-refractivity contribution is 0.0725. The summed E-state index contributed by atoms with van der Waals surface area (Å²) >= 11 is 3.60. The Morgan fingerprint density at radius 2 is 0.869 bits per heavy atom. The molecule has 0 amide bonds. The van der Waals surface area contributed by atoms with Crippen molar-refractivity contribution in [2.24, 2.45) is 0 Å². The highest BCUT2D eigenvalue weighted by molar-refractivity contribution is 7.16. The summed E-state index contributed by atoms with van der Waals surface area (Å²) in [6, 6.07) is 34.6. The minimum Gasteiger partial charge on any atom is -0.494 e. The van der Waals surface area contributed by atoms with Crippen molar-refractivity contribution in [3.63, 3.8) is 0 Å². The third-order valence-corrected chi connectivity index (χ3v) is 13.3. The van der Waals surface area contributed by atoms with Gasteiger partial charge in [0.15, 0.2) is 0 Å². The summed E-state index contributed by atoms with van der Waals surface area (Å²) in [5, 5.41) is 0. The number of hydrogen-bond acceptors (Lipinski definition) is 8. The molecular formula is C53H56O6S2. The van der Waals surface area contributed by atoms with E-state index in [4.69, 9.17) is 18.9 Å². The van der Waals surface area contributed by atoms with E-state index >= 15 is 0 Å². The maximum absolute atomic E-state index is 12.9. The first kappa shape index (κ1) is 43.6. The number of esters is 2. The highest BCUT2D eigenvalue weighted by Gasteiger charge is 2.24. The van der Waals surface area contributed by atoms with Crippen LogP contribution >= 0.6 is 22.7 Å². The third-order valence-electron chi connectivity index (χ3n) is 11.1. The van der Waals surface area contributed by atoms with Gasteiger partial charge in [-0.2, -0.15) is 0 Å². The van der Waals surface area contributed by atoms with Gasteiger partial charge in [-0.25, -0.2) is 9.59 Å². The lowest BCUT2D eigenvalue weighted by Crippen LogP contribution is -2.08. The van der Waals surface area contributed by atoms with Crippen LogP contribution in [0.5, 0.6) is 23.0 Å². The molecule has 0 radical (unpaired) electrons. The molecule has 7 rings (SSSR count). The SMILES string of the molecule is CCCCCCOc1ccc(C(=O)Oc2ccc(-c3cc(C4=C(c5cc(-c6ccc(OC(=O)c7ccc(OCCCCCC)cc7)cc6)sc5C)CCC4)c(C)s3)cc2)cc1. The normalized spacial score (nSPS) is 12.5. The number of hydrogen-bond donors (Lipinski definition) is 0. The second-order valence-corrected chi connectivity index (χ2v) is 18.2. The molecule has 0 bridgehead atoms. The molecule has 2 aromatic heterocycles. The van der Waals surface area contributed by atoms with E-state index in [0.29, 0.717) is 35.8 Å². The predicted octanol–water partition coefficient (Wildman–Crippen LogP) is 15.2. The Kier molecular flexibility index (Phi) is 15.3. The number of benzene rings is 4. The molecule has 8 heteroatoms. The Labute approximate surface area is 369 Å². The van der Waals surface area contributed by atoms with Crippen LogP contribution < -0.4 is 18.9 Å². The molecule has 0 saturated carbocycles. The molecule has 0 spiro atoms. The molecule has 0 atom stereocenters. The van der Waals surface area contributed by atoms with Crippen molar-refractivity contribution < 1.29 is 28.5 Å². The van der Waals surface area contributed by atoms with Crippen LogP contribution in [0, 0.1) is 13.8 Å². The first-order chi connectivity index (χ1) is 29.8. The van der Waals surface area contributed by atoms with Crippen molar-refractivity contribution in [3.8, 4) is 43.9 Å². The Bertz CT molecular complexity index is 2230. The topological polar surface area (TPSA) is 71.1 Å². The first-order valence-electron chi connectivity index (χ1n) is 21.8. The highest BCUT2D eigenvalue weighted by Crippen LogP contribution is 2.47. The van der Waals surface area contributed by atoms with E-state index in [9.17, 15) is 9.59 Å². The Morgan fingerprint density at radius 3 is 1.25 bits per heavy atom. The van der Waals surface area contributed by atoms with Gasteiger partial charge in [0.2, 0.25) is 0 Å². The minimum atomic E-state index is -0.390. The summed E-state index contributed by atoms with van der Waals surface area (Å²) < 4.78 is 23.1. The quantitative estimate of drug-likeness (QED) is 0.0433. The standard InChI is InChI=1S/C53H56O6S2/c1-5-7-9-11-32-56-42-24-20-40(21-25-42)52(54)58-44-28-16-38(17-29-44)50-34-48(36(3)60-50)46-14-13-15-47(46)49-35-51(61-37(49)4)39-18-30-45(31-19-39)59-53(55)41-22-26-43(27-23-41)57-33-12-10-8-6-2/h16-31,34-35H,5-15,32-33H2,1-4H3. The van der Waals surface area contributed by atoms with Gasteiger partial charge in [0.05, 0.1) is 24.3 Å². The van der Waals surface area contributed by atoms with Gasteiger partial charge < -0.3 is 18.9 Å². The van der Waals surface area contributed by atoms with E-state index in [0.717, 1.165) is 67.6 Å². The summed E-state index contributed by atoms with van der Waals surface area (Å²) in [5.41, 5.74) is 8.67.